The average molecular weight is 286 g/mol. The van der Waals surface area contributed by atoms with Crippen molar-refractivity contribution in [3.05, 3.63) is 16.1 Å². The van der Waals surface area contributed by atoms with Gasteiger partial charge in [-0.1, -0.05) is 6.92 Å². The SMILES string of the molecule is CCCc1ncc(C(=O)NC(CCOC)C(=O)O)s1. The second-order valence-electron chi connectivity index (χ2n) is 4.01. The Bertz CT molecular complexity index is 433. The summed E-state index contributed by atoms with van der Waals surface area (Å²) in [6.07, 6.45) is 3.50. The Hall–Kier alpha value is -1.47. The molecular formula is C12H18N2O4S. The van der Waals surface area contributed by atoms with E-state index in [1.807, 2.05) is 6.92 Å². The third-order valence-electron chi connectivity index (χ3n) is 2.46. The highest BCUT2D eigenvalue weighted by atomic mass is 32.1. The van der Waals surface area contributed by atoms with Gasteiger partial charge in [-0.2, -0.15) is 0 Å². The monoisotopic (exact) mass is 286 g/mol. The Morgan fingerprint density at radius 2 is 2.32 bits per heavy atom. The zero-order valence-electron chi connectivity index (χ0n) is 11.0. The summed E-state index contributed by atoms with van der Waals surface area (Å²) < 4.78 is 4.82. The molecule has 0 saturated carbocycles. The molecule has 19 heavy (non-hydrogen) atoms. The van der Waals surface area contributed by atoms with Gasteiger partial charge in [-0.05, 0) is 12.8 Å². The lowest BCUT2D eigenvalue weighted by Crippen LogP contribution is -2.41. The summed E-state index contributed by atoms with van der Waals surface area (Å²) in [6, 6.07) is -0.941. The molecule has 1 rings (SSSR count). The number of thiazole rings is 1. The topological polar surface area (TPSA) is 88.5 Å². The van der Waals surface area contributed by atoms with Crippen LogP contribution in [-0.2, 0) is 16.0 Å². The van der Waals surface area contributed by atoms with Crippen LogP contribution in [0.25, 0.3) is 0 Å². The lowest BCUT2D eigenvalue weighted by atomic mass is 10.2. The molecule has 1 heterocycles. The highest BCUT2D eigenvalue weighted by Gasteiger charge is 2.21. The van der Waals surface area contributed by atoms with E-state index in [-0.39, 0.29) is 13.0 Å². The first-order valence-electron chi connectivity index (χ1n) is 6.05. The number of hydrogen-bond donors (Lipinski definition) is 2. The lowest BCUT2D eigenvalue weighted by Gasteiger charge is -2.12. The van der Waals surface area contributed by atoms with Gasteiger partial charge in [0.25, 0.3) is 5.91 Å². The van der Waals surface area contributed by atoms with Crippen molar-refractivity contribution in [2.75, 3.05) is 13.7 Å². The van der Waals surface area contributed by atoms with Gasteiger partial charge in [0.15, 0.2) is 0 Å². The van der Waals surface area contributed by atoms with Gasteiger partial charge >= 0.3 is 5.97 Å². The summed E-state index contributed by atoms with van der Waals surface area (Å²) in [5, 5.41) is 12.4. The number of carboxylic acid groups (broad SMARTS) is 1. The molecule has 0 aliphatic rings. The number of carbonyl (C=O) groups is 2. The van der Waals surface area contributed by atoms with Crippen LogP contribution in [0.1, 0.15) is 34.4 Å². The number of nitrogens with zero attached hydrogens (tertiary/aromatic N) is 1. The standard InChI is InChI=1S/C12H18N2O4S/c1-3-4-10-13-7-9(19-10)11(15)14-8(12(16)17)5-6-18-2/h7-8H,3-6H2,1-2H3,(H,14,15)(H,16,17). The Balaban J connectivity index is 2.62. The molecule has 106 valence electrons. The van der Waals surface area contributed by atoms with Crippen LogP contribution in [0.3, 0.4) is 0 Å². The Morgan fingerprint density at radius 3 is 2.89 bits per heavy atom. The second-order valence-corrected chi connectivity index (χ2v) is 5.13. The predicted molar refractivity (Wildman–Crippen MR) is 71.5 cm³/mol. The van der Waals surface area contributed by atoms with Crippen LogP contribution in [0.5, 0.6) is 0 Å². The van der Waals surface area contributed by atoms with Gasteiger partial charge in [0.05, 0.1) is 11.2 Å². The maximum atomic E-state index is 11.9. The number of aryl methyl sites for hydroxylation is 1. The molecule has 0 saturated heterocycles. The molecule has 0 aliphatic carbocycles. The number of ether oxygens (including phenoxy) is 1. The quantitative estimate of drug-likeness (QED) is 0.752. The van der Waals surface area contributed by atoms with Crippen LogP contribution in [-0.4, -0.2) is 41.7 Å². The van der Waals surface area contributed by atoms with Crippen LogP contribution < -0.4 is 5.32 Å². The van der Waals surface area contributed by atoms with Crippen LogP contribution in [0.15, 0.2) is 6.20 Å². The van der Waals surface area contributed by atoms with Crippen LogP contribution in [0.2, 0.25) is 0 Å². The van der Waals surface area contributed by atoms with Gasteiger partial charge in [0, 0.05) is 20.1 Å². The molecule has 0 fully saturated rings. The average Bonchev–Trinajstić information content (AvgIpc) is 2.83. The van der Waals surface area contributed by atoms with Crippen molar-refractivity contribution in [2.45, 2.75) is 32.2 Å². The van der Waals surface area contributed by atoms with Crippen molar-refractivity contribution < 1.29 is 19.4 Å². The first kappa shape index (κ1) is 15.6. The molecule has 6 nitrogen and oxygen atoms in total. The molecule has 1 aromatic heterocycles. The fraction of sp³-hybridized carbons (Fsp3) is 0.583. The zero-order chi connectivity index (χ0) is 14.3. The molecule has 0 aliphatic heterocycles. The number of aliphatic carboxylic acids is 1. The Morgan fingerprint density at radius 1 is 1.58 bits per heavy atom. The van der Waals surface area contributed by atoms with E-state index >= 15 is 0 Å². The highest BCUT2D eigenvalue weighted by Crippen LogP contribution is 2.14. The largest absolute Gasteiger partial charge is 0.480 e. The Labute approximate surface area is 115 Å². The number of methoxy groups -OCH3 is 1. The summed E-state index contributed by atoms with van der Waals surface area (Å²) in [6.45, 7) is 2.31. The molecule has 0 aromatic carbocycles. The lowest BCUT2D eigenvalue weighted by molar-refractivity contribution is -0.139. The van der Waals surface area contributed by atoms with Crippen molar-refractivity contribution in [3.8, 4) is 0 Å². The van der Waals surface area contributed by atoms with E-state index < -0.39 is 17.9 Å². The molecule has 7 heteroatoms. The summed E-state index contributed by atoms with van der Waals surface area (Å²) in [7, 11) is 1.49. The number of amides is 1. The Kier molecular flexibility index (Phi) is 6.44. The van der Waals surface area contributed by atoms with E-state index in [0.717, 1.165) is 17.8 Å². The summed E-state index contributed by atoms with van der Waals surface area (Å²) in [4.78, 5) is 27.5. The van der Waals surface area contributed by atoms with E-state index in [1.54, 1.807) is 0 Å². The van der Waals surface area contributed by atoms with E-state index in [0.29, 0.717) is 4.88 Å². The van der Waals surface area contributed by atoms with Crippen molar-refractivity contribution in [2.24, 2.45) is 0 Å². The van der Waals surface area contributed by atoms with Crippen LogP contribution >= 0.6 is 11.3 Å². The minimum Gasteiger partial charge on any atom is -0.480 e. The maximum Gasteiger partial charge on any atom is 0.326 e. The van der Waals surface area contributed by atoms with E-state index in [1.165, 1.54) is 24.6 Å². The fourth-order valence-corrected chi connectivity index (χ4v) is 2.39. The number of hydrogen-bond acceptors (Lipinski definition) is 5. The van der Waals surface area contributed by atoms with Crippen molar-refractivity contribution in [3.63, 3.8) is 0 Å². The van der Waals surface area contributed by atoms with Gasteiger partial charge in [0.1, 0.15) is 10.9 Å². The number of carboxylic acids is 1. The van der Waals surface area contributed by atoms with Gasteiger partial charge < -0.3 is 15.2 Å². The van der Waals surface area contributed by atoms with E-state index in [9.17, 15) is 9.59 Å². The number of nitrogens with one attached hydrogen (secondary N) is 1. The molecule has 1 unspecified atom stereocenters. The first-order chi connectivity index (χ1) is 9.08. The third kappa shape index (κ3) is 4.96. The summed E-state index contributed by atoms with van der Waals surface area (Å²) >= 11 is 1.30. The fourth-order valence-electron chi connectivity index (χ4n) is 1.47. The van der Waals surface area contributed by atoms with E-state index in [2.05, 4.69) is 10.3 Å². The zero-order valence-corrected chi connectivity index (χ0v) is 11.8. The van der Waals surface area contributed by atoms with Crippen LogP contribution in [0.4, 0.5) is 0 Å². The molecule has 0 spiro atoms. The van der Waals surface area contributed by atoms with Gasteiger partial charge in [-0.25, -0.2) is 9.78 Å². The van der Waals surface area contributed by atoms with Gasteiger partial charge in [-0.3, -0.25) is 4.79 Å². The molecule has 1 amide bonds. The van der Waals surface area contributed by atoms with Gasteiger partial charge in [0.2, 0.25) is 0 Å². The molecule has 1 atom stereocenters. The molecule has 2 N–H and O–H groups in total. The highest BCUT2D eigenvalue weighted by molar-refractivity contribution is 7.13. The third-order valence-corrected chi connectivity index (χ3v) is 3.51. The molecular weight excluding hydrogens is 268 g/mol. The van der Waals surface area contributed by atoms with Crippen molar-refractivity contribution >= 4 is 23.2 Å². The van der Waals surface area contributed by atoms with Crippen molar-refractivity contribution in [1.82, 2.24) is 10.3 Å². The predicted octanol–water partition coefficient (Wildman–Crippen LogP) is 1.32. The first-order valence-corrected chi connectivity index (χ1v) is 6.87. The maximum absolute atomic E-state index is 11.9. The number of aromatic nitrogens is 1. The molecule has 0 bridgehead atoms. The number of carbonyl (C=O) groups excluding carboxylic acids is 1. The molecule has 0 radical (unpaired) electrons. The van der Waals surface area contributed by atoms with Crippen molar-refractivity contribution in [1.29, 1.82) is 0 Å². The van der Waals surface area contributed by atoms with E-state index in [4.69, 9.17) is 9.84 Å². The molecule has 1 aromatic rings. The van der Waals surface area contributed by atoms with Gasteiger partial charge in [-0.15, -0.1) is 11.3 Å². The smallest absolute Gasteiger partial charge is 0.326 e. The minimum absolute atomic E-state index is 0.234. The number of rotatable bonds is 8. The van der Waals surface area contributed by atoms with Crippen LogP contribution in [0, 0.1) is 0 Å². The summed E-state index contributed by atoms with van der Waals surface area (Å²) in [5.74, 6) is -1.47. The minimum atomic E-state index is -1.07. The summed E-state index contributed by atoms with van der Waals surface area (Å²) in [5.41, 5.74) is 0. The second kappa shape index (κ2) is 7.85. The normalized spacial score (nSPS) is 12.1.